The molecule has 7 heteroatoms. The summed E-state index contributed by atoms with van der Waals surface area (Å²) in [7, 11) is 1.37. The van der Waals surface area contributed by atoms with Gasteiger partial charge in [-0.3, -0.25) is 4.79 Å². The number of ether oxygens (including phenoxy) is 1. The van der Waals surface area contributed by atoms with E-state index >= 15 is 0 Å². The molecule has 0 fully saturated rings. The van der Waals surface area contributed by atoms with Gasteiger partial charge in [0.25, 0.3) is 5.91 Å². The van der Waals surface area contributed by atoms with Crippen molar-refractivity contribution in [1.29, 1.82) is 0 Å². The summed E-state index contributed by atoms with van der Waals surface area (Å²) < 4.78 is 7.73. The molecule has 2 heterocycles. The predicted molar refractivity (Wildman–Crippen MR) is 121 cm³/mol. The molecule has 2 aliphatic rings. The lowest BCUT2D eigenvalue weighted by molar-refractivity contribution is 0.0600. The van der Waals surface area contributed by atoms with E-state index in [1.807, 2.05) is 41.1 Å². The van der Waals surface area contributed by atoms with Gasteiger partial charge in [-0.2, -0.15) is 5.10 Å². The average molecular weight is 480 g/mol. The molecule has 0 atom stereocenters. The highest BCUT2D eigenvalue weighted by atomic mass is 79.9. The van der Waals surface area contributed by atoms with E-state index in [1.54, 1.807) is 11.0 Å². The number of esters is 1. The molecule has 2 aromatic carbocycles. The second-order valence-corrected chi connectivity index (χ2v) is 8.83. The van der Waals surface area contributed by atoms with E-state index in [0.717, 1.165) is 58.4 Å². The maximum atomic E-state index is 13.6. The van der Waals surface area contributed by atoms with Crippen LogP contribution in [0.5, 0.6) is 0 Å². The van der Waals surface area contributed by atoms with Crippen molar-refractivity contribution in [2.24, 2.45) is 0 Å². The van der Waals surface area contributed by atoms with Gasteiger partial charge in [0.2, 0.25) is 0 Å². The fourth-order valence-corrected chi connectivity index (χ4v) is 4.96. The molecule has 0 N–H and O–H groups in total. The molecule has 3 aromatic rings. The van der Waals surface area contributed by atoms with Gasteiger partial charge < -0.3 is 9.64 Å². The Labute approximate surface area is 188 Å². The van der Waals surface area contributed by atoms with Crippen molar-refractivity contribution in [1.82, 2.24) is 9.78 Å². The first kappa shape index (κ1) is 20.0. The molecular weight excluding hydrogens is 458 g/mol. The largest absolute Gasteiger partial charge is 0.465 e. The van der Waals surface area contributed by atoms with Gasteiger partial charge in [0.15, 0.2) is 5.69 Å². The number of amides is 1. The van der Waals surface area contributed by atoms with Gasteiger partial charge >= 0.3 is 5.97 Å². The second-order valence-electron chi connectivity index (χ2n) is 7.91. The zero-order valence-corrected chi connectivity index (χ0v) is 18.8. The van der Waals surface area contributed by atoms with Crippen LogP contribution in [0.15, 0.2) is 46.9 Å². The Morgan fingerprint density at radius 1 is 1.06 bits per heavy atom. The van der Waals surface area contributed by atoms with Crippen LogP contribution in [-0.4, -0.2) is 35.3 Å². The summed E-state index contributed by atoms with van der Waals surface area (Å²) in [6, 6.07) is 13.4. The summed E-state index contributed by atoms with van der Waals surface area (Å²) in [4.78, 5) is 27.3. The predicted octanol–water partition coefficient (Wildman–Crippen LogP) is 4.50. The first-order chi connectivity index (χ1) is 15.1. The molecule has 1 aliphatic carbocycles. The van der Waals surface area contributed by atoms with Gasteiger partial charge in [-0.15, -0.1) is 0 Å². The highest BCUT2D eigenvalue weighted by molar-refractivity contribution is 9.10. The third kappa shape index (κ3) is 3.47. The van der Waals surface area contributed by atoms with E-state index in [4.69, 9.17) is 9.84 Å². The zero-order chi connectivity index (χ0) is 21.5. The molecule has 0 saturated carbocycles. The van der Waals surface area contributed by atoms with Crippen LogP contribution in [-0.2, 0) is 24.0 Å². The molecular formula is C24H22BrN3O3. The first-order valence-corrected chi connectivity index (χ1v) is 11.3. The number of rotatable bonds is 3. The number of fused-ring (bicyclic) bond motifs is 2. The Kier molecular flexibility index (Phi) is 5.14. The number of carbonyl (C=O) groups excluding carboxylic acids is 2. The number of benzene rings is 2. The molecule has 1 amide bonds. The Morgan fingerprint density at radius 2 is 1.90 bits per heavy atom. The molecule has 0 saturated heterocycles. The number of aromatic nitrogens is 2. The Morgan fingerprint density at radius 3 is 2.71 bits per heavy atom. The monoisotopic (exact) mass is 479 g/mol. The normalized spacial score (nSPS) is 14.8. The highest BCUT2D eigenvalue weighted by Gasteiger charge is 2.32. The van der Waals surface area contributed by atoms with Crippen LogP contribution >= 0.6 is 15.9 Å². The lowest BCUT2D eigenvalue weighted by Crippen LogP contribution is -2.30. The molecule has 0 radical (unpaired) electrons. The number of anilines is 1. The summed E-state index contributed by atoms with van der Waals surface area (Å²) in [5.74, 6) is -0.439. The Bertz CT molecular complexity index is 1200. The molecule has 1 aliphatic heterocycles. The Hall–Kier alpha value is -2.93. The maximum absolute atomic E-state index is 13.6. The molecule has 1 aromatic heterocycles. The van der Waals surface area contributed by atoms with Crippen molar-refractivity contribution in [2.45, 2.75) is 32.1 Å². The van der Waals surface area contributed by atoms with Crippen molar-refractivity contribution in [3.8, 4) is 5.69 Å². The van der Waals surface area contributed by atoms with E-state index in [0.29, 0.717) is 24.2 Å². The van der Waals surface area contributed by atoms with E-state index in [9.17, 15) is 9.59 Å². The van der Waals surface area contributed by atoms with Crippen molar-refractivity contribution in [2.75, 3.05) is 18.6 Å². The SMILES string of the molecule is COC(=O)c1ccc2c(c1)CCN2C(=O)c1nn(-c2cccc(Br)c2)c2c1CCCC2. The maximum Gasteiger partial charge on any atom is 0.337 e. The smallest absolute Gasteiger partial charge is 0.337 e. The van der Waals surface area contributed by atoms with E-state index < -0.39 is 0 Å². The number of halogens is 1. The lowest BCUT2D eigenvalue weighted by Gasteiger charge is -2.18. The zero-order valence-electron chi connectivity index (χ0n) is 17.2. The third-order valence-electron chi connectivity index (χ3n) is 6.08. The van der Waals surface area contributed by atoms with Crippen LogP contribution in [0, 0.1) is 0 Å². The minimum atomic E-state index is -0.366. The molecule has 31 heavy (non-hydrogen) atoms. The van der Waals surface area contributed by atoms with Gasteiger partial charge in [0.05, 0.1) is 18.4 Å². The van der Waals surface area contributed by atoms with Crippen molar-refractivity contribution >= 4 is 33.5 Å². The van der Waals surface area contributed by atoms with E-state index in [1.165, 1.54) is 7.11 Å². The van der Waals surface area contributed by atoms with Gasteiger partial charge in [0, 0.05) is 28.0 Å². The van der Waals surface area contributed by atoms with Gasteiger partial charge in [0.1, 0.15) is 0 Å². The molecule has 158 valence electrons. The summed E-state index contributed by atoms with van der Waals surface area (Å²) >= 11 is 3.54. The van der Waals surface area contributed by atoms with Gasteiger partial charge in [-0.1, -0.05) is 22.0 Å². The summed E-state index contributed by atoms with van der Waals surface area (Å²) in [6.45, 7) is 0.581. The third-order valence-corrected chi connectivity index (χ3v) is 6.57. The van der Waals surface area contributed by atoms with Crippen LogP contribution in [0.25, 0.3) is 5.69 Å². The number of methoxy groups -OCH3 is 1. The fourth-order valence-electron chi connectivity index (χ4n) is 4.58. The summed E-state index contributed by atoms with van der Waals surface area (Å²) in [5.41, 5.74) is 6.03. The molecule has 5 rings (SSSR count). The van der Waals surface area contributed by atoms with Crippen molar-refractivity contribution in [3.05, 3.63) is 75.0 Å². The second kappa shape index (κ2) is 7.96. The Balaban J connectivity index is 1.53. The van der Waals surface area contributed by atoms with Crippen molar-refractivity contribution in [3.63, 3.8) is 0 Å². The minimum Gasteiger partial charge on any atom is -0.465 e. The van der Waals surface area contributed by atoms with E-state index in [2.05, 4.69) is 15.9 Å². The lowest BCUT2D eigenvalue weighted by atomic mass is 9.95. The fraction of sp³-hybridized carbons (Fsp3) is 0.292. The van der Waals surface area contributed by atoms with E-state index in [-0.39, 0.29) is 11.9 Å². The quantitative estimate of drug-likeness (QED) is 0.518. The van der Waals surface area contributed by atoms with Gasteiger partial charge in [-0.25, -0.2) is 9.48 Å². The summed E-state index contributed by atoms with van der Waals surface area (Å²) in [6.07, 6.45) is 4.66. The van der Waals surface area contributed by atoms with Crippen LogP contribution in [0.3, 0.4) is 0 Å². The van der Waals surface area contributed by atoms with Gasteiger partial charge in [-0.05, 0) is 74.1 Å². The summed E-state index contributed by atoms with van der Waals surface area (Å²) in [5, 5.41) is 4.81. The molecule has 0 bridgehead atoms. The van der Waals surface area contributed by atoms with Crippen LogP contribution in [0.1, 0.15) is 50.5 Å². The minimum absolute atomic E-state index is 0.0727. The topological polar surface area (TPSA) is 64.4 Å². The highest BCUT2D eigenvalue weighted by Crippen LogP contribution is 2.33. The standard InChI is InChI=1S/C24H22BrN3O3/c1-31-24(30)16-9-10-20-15(13-16)11-12-27(20)23(29)22-19-7-2-3-8-21(19)28(26-22)18-6-4-5-17(25)14-18/h4-6,9-10,13-14H,2-3,7-8,11-12H2,1H3. The molecule has 0 spiro atoms. The average Bonchev–Trinajstić information content (AvgIpc) is 3.39. The molecule has 0 unspecified atom stereocenters. The number of carbonyl (C=O) groups is 2. The number of hydrogen-bond acceptors (Lipinski definition) is 4. The van der Waals surface area contributed by atoms with Crippen LogP contribution < -0.4 is 4.90 Å². The van der Waals surface area contributed by atoms with Crippen LogP contribution in [0.4, 0.5) is 5.69 Å². The van der Waals surface area contributed by atoms with Crippen LogP contribution in [0.2, 0.25) is 0 Å². The molecule has 6 nitrogen and oxygen atoms in total. The van der Waals surface area contributed by atoms with Crippen molar-refractivity contribution < 1.29 is 14.3 Å². The number of hydrogen-bond donors (Lipinski definition) is 0. The number of nitrogens with zero attached hydrogens (tertiary/aromatic N) is 3. The first-order valence-electron chi connectivity index (χ1n) is 10.5.